The van der Waals surface area contributed by atoms with Crippen molar-refractivity contribution in [1.29, 1.82) is 0 Å². The van der Waals surface area contributed by atoms with E-state index in [4.69, 9.17) is 9.72 Å². The molecule has 1 aliphatic rings. The fourth-order valence-corrected chi connectivity index (χ4v) is 4.24. The van der Waals surface area contributed by atoms with Gasteiger partial charge in [0.2, 0.25) is 0 Å². The summed E-state index contributed by atoms with van der Waals surface area (Å²) in [4.78, 5) is 33.1. The maximum Gasteiger partial charge on any atom is 0.330 e. The number of rotatable bonds is 6. The van der Waals surface area contributed by atoms with Gasteiger partial charge in [0.25, 0.3) is 5.56 Å². The number of fused-ring (bicyclic) bond motifs is 2. The minimum absolute atomic E-state index is 0.339. The van der Waals surface area contributed by atoms with Gasteiger partial charge in [-0.15, -0.1) is 0 Å². The van der Waals surface area contributed by atoms with Gasteiger partial charge in [0, 0.05) is 18.5 Å². The topological polar surface area (TPSA) is 81.9 Å². The van der Waals surface area contributed by atoms with Crippen LogP contribution in [0.25, 0.3) is 22.6 Å². The summed E-state index contributed by atoms with van der Waals surface area (Å²) in [7, 11) is 0. The average molecular weight is 431 g/mol. The summed E-state index contributed by atoms with van der Waals surface area (Å²) in [5.74, 6) is 2.06. The van der Waals surface area contributed by atoms with Crippen molar-refractivity contribution in [3.8, 4) is 17.1 Å². The molecular weight excluding hydrogens is 404 g/mol. The predicted octanol–water partition coefficient (Wildman–Crippen LogP) is 3.58. The number of hydrogen-bond acceptors (Lipinski definition) is 4. The Balaban J connectivity index is 1.73. The quantitative estimate of drug-likeness (QED) is 0.507. The Morgan fingerprint density at radius 1 is 1.09 bits per heavy atom. The summed E-state index contributed by atoms with van der Waals surface area (Å²) in [6.07, 6.45) is 1.75. The molecule has 0 aliphatic carbocycles. The van der Waals surface area contributed by atoms with Crippen LogP contribution in [0.1, 0.15) is 31.4 Å². The zero-order chi connectivity index (χ0) is 22.2. The Morgan fingerprint density at radius 2 is 1.91 bits per heavy atom. The largest absolute Gasteiger partial charge is 0.493 e. The number of aromatic amines is 1. The van der Waals surface area contributed by atoms with Gasteiger partial charge < -0.3 is 9.30 Å². The molecule has 0 amide bonds. The Hall–Kier alpha value is -3.61. The SMILES string of the molecule is CC(C)CCn1c(-c2ccc3c(c2)CCO3)nc2c1c(=O)[nH]c(=O)n2Cc1ccccc1. The van der Waals surface area contributed by atoms with Crippen LogP contribution in [0.4, 0.5) is 0 Å². The second kappa shape index (κ2) is 8.15. The fraction of sp³-hybridized carbons (Fsp3) is 0.320. The molecule has 0 saturated heterocycles. The second-order valence-corrected chi connectivity index (χ2v) is 8.69. The van der Waals surface area contributed by atoms with Crippen molar-refractivity contribution in [2.45, 2.75) is 39.8 Å². The molecule has 0 saturated carbocycles. The van der Waals surface area contributed by atoms with E-state index in [1.54, 1.807) is 4.57 Å². The van der Waals surface area contributed by atoms with E-state index >= 15 is 0 Å². The Morgan fingerprint density at radius 3 is 2.69 bits per heavy atom. The molecule has 32 heavy (non-hydrogen) atoms. The number of aryl methyl sites for hydroxylation is 1. The van der Waals surface area contributed by atoms with Crippen LogP contribution >= 0.6 is 0 Å². The third kappa shape index (κ3) is 3.64. The molecule has 0 fully saturated rings. The lowest BCUT2D eigenvalue weighted by Gasteiger charge is -2.11. The molecule has 0 bridgehead atoms. The highest BCUT2D eigenvalue weighted by molar-refractivity contribution is 5.77. The molecule has 164 valence electrons. The van der Waals surface area contributed by atoms with Crippen LogP contribution in [0.5, 0.6) is 5.75 Å². The number of H-pyrrole nitrogens is 1. The number of aromatic nitrogens is 4. The van der Waals surface area contributed by atoms with Crippen molar-refractivity contribution in [1.82, 2.24) is 19.1 Å². The first-order valence-electron chi connectivity index (χ1n) is 11.0. The Kier molecular flexibility index (Phi) is 5.17. The molecule has 0 spiro atoms. The average Bonchev–Trinajstić information content (AvgIpc) is 3.40. The van der Waals surface area contributed by atoms with Gasteiger partial charge in [-0.2, -0.15) is 0 Å². The van der Waals surface area contributed by atoms with Crippen molar-refractivity contribution in [3.63, 3.8) is 0 Å². The molecule has 0 radical (unpaired) electrons. The number of nitrogens with one attached hydrogen (secondary N) is 1. The van der Waals surface area contributed by atoms with Gasteiger partial charge in [0.05, 0.1) is 13.2 Å². The maximum absolute atomic E-state index is 13.0. The molecule has 4 aromatic rings. The minimum atomic E-state index is -0.450. The van der Waals surface area contributed by atoms with E-state index in [0.717, 1.165) is 35.3 Å². The molecule has 0 unspecified atom stereocenters. The van der Waals surface area contributed by atoms with E-state index in [1.807, 2.05) is 47.0 Å². The molecular formula is C25H26N4O3. The number of imidazole rings is 1. The van der Waals surface area contributed by atoms with E-state index < -0.39 is 11.2 Å². The van der Waals surface area contributed by atoms with Gasteiger partial charge in [-0.3, -0.25) is 14.3 Å². The van der Waals surface area contributed by atoms with Gasteiger partial charge in [-0.1, -0.05) is 44.2 Å². The molecule has 1 N–H and O–H groups in total. The third-order valence-corrected chi connectivity index (χ3v) is 5.95. The lowest BCUT2D eigenvalue weighted by Crippen LogP contribution is -2.31. The lowest BCUT2D eigenvalue weighted by atomic mass is 10.1. The molecule has 5 rings (SSSR count). The fourth-order valence-electron chi connectivity index (χ4n) is 4.24. The van der Waals surface area contributed by atoms with Crippen LogP contribution < -0.4 is 16.0 Å². The smallest absolute Gasteiger partial charge is 0.330 e. The molecule has 1 aliphatic heterocycles. The van der Waals surface area contributed by atoms with Crippen LogP contribution in [0.2, 0.25) is 0 Å². The maximum atomic E-state index is 13.0. The lowest BCUT2D eigenvalue weighted by molar-refractivity contribution is 0.357. The van der Waals surface area contributed by atoms with Crippen molar-refractivity contribution < 1.29 is 4.74 Å². The number of nitrogens with zero attached hydrogens (tertiary/aromatic N) is 3. The van der Waals surface area contributed by atoms with E-state index in [0.29, 0.717) is 42.6 Å². The van der Waals surface area contributed by atoms with Gasteiger partial charge in [-0.05, 0) is 41.7 Å². The molecule has 0 atom stereocenters. The van der Waals surface area contributed by atoms with Gasteiger partial charge in [0.1, 0.15) is 11.6 Å². The van der Waals surface area contributed by atoms with Crippen LogP contribution in [0.3, 0.4) is 0 Å². The summed E-state index contributed by atoms with van der Waals surface area (Å²) >= 11 is 0. The van der Waals surface area contributed by atoms with Gasteiger partial charge in [-0.25, -0.2) is 9.78 Å². The van der Waals surface area contributed by atoms with Gasteiger partial charge >= 0.3 is 5.69 Å². The van der Waals surface area contributed by atoms with Crippen LogP contribution in [-0.2, 0) is 19.5 Å². The summed E-state index contributed by atoms with van der Waals surface area (Å²) in [6, 6.07) is 15.7. The monoisotopic (exact) mass is 430 g/mol. The number of ether oxygens (including phenoxy) is 1. The Labute approximate surface area is 185 Å². The second-order valence-electron chi connectivity index (χ2n) is 8.69. The first kappa shape index (κ1) is 20.3. The molecule has 2 aromatic heterocycles. The van der Waals surface area contributed by atoms with Crippen LogP contribution in [0.15, 0.2) is 58.1 Å². The highest BCUT2D eigenvalue weighted by Gasteiger charge is 2.21. The van der Waals surface area contributed by atoms with Crippen molar-refractivity contribution in [3.05, 3.63) is 80.5 Å². The van der Waals surface area contributed by atoms with Crippen LogP contribution in [-0.4, -0.2) is 25.7 Å². The predicted molar refractivity (Wildman–Crippen MR) is 124 cm³/mol. The first-order valence-corrected chi connectivity index (χ1v) is 11.0. The first-order chi connectivity index (χ1) is 15.5. The van der Waals surface area contributed by atoms with E-state index in [9.17, 15) is 9.59 Å². The van der Waals surface area contributed by atoms with Crippen LogP contribution in [0, 0.1) is 5.92 Å². The highest BCUT2D eigenvalue weighted by Crippen LogP contribution is 2.31. The molecule has 7 nitrogen and oxygen atoms in total. The summed E-state index contributed by atoms with van der Waals surface area (Å²) in [5, 5.41) is 0. The van der Waals surface area contributed by atoms with E-state index in [1.165, 1.54) is 0 Å². The number of hydrogen-bond donors (Lipinski definition) is 1. The van der Waals surface area contributed by atoms with Crippen molar-refractivity contribution >= 4 is 11.2 Å². The third-order valence-electron chi connectivity index (χ3n) is 5.95. The van der Waals surface area contributed by atoms with E-state index in [-0.39, 0.29) is 0 Å². The minimum Gasteiger partial charge on any atom is -0.493 e. The van der Waals surface area contributed by atoms with Crippen molar-refractivity contribution in [2.75, 3.05) is 6.61 Å². The van der Waals surface area contributed by atoms with Crippen molar-refractivity contribution in [2.24, 2.45) is 5.92 Å². The molecule has 2 aromatic carbocycles. The number of benzene rings is 2. The Bertz CT molecular complexity index is 1400. The zero-order valence-corrected chi connectivity index (χ0v) is 18.3. The highest BCUT2D eigenvalue weighted by atomic mass is 16.5. The normalized spacial score (nSPS) is 13.0. The summed E-state index contributed by atoms with van der Waals surface area (Å²) in [6.45, 7) is 5.97. The molecule has 3 heterocycles. The zero-order valence-electron chi connectivity index (χ0n) is 18.3. The van der Waals surface area contributed by atoms with Gasteiger partial charge in [0.15, 0.2) is 11.2 Å². The van der Waals surface area contributed by atoms with E-state index in [2.05, 4.69) is 24.9 Å². The summed E-state index contributed by atoms with van der Waals surface area (Å²) in [5.41, 5.74) is 3.03. The summed E-state index contributed by atoms with van der Waals surface area (Å²) < 4.78 is 9.17. The standard InChI is InChI=1S/C25H26N4O3/c1-16(2)10-12-28-21-23(26-22(28)19-8-9-20-18(14-19)11-13-32-20)29(25(31)27-24(21)30)15-17-6-4-3-5-7-17/h3-9,14,16H,10-13,15H2,1-2H3,(H,27,30,31). The molecule has 7 heteroatoms.